The van der Waals surface area contributed by atoms with Gasteiger partial charge in [0.05, 0.1) is 21.8 Å². The van der Waals surface area contributed by atoms with Crippen molar-refractivity contribution in [2.45, 2.75) is 6.54 Å². The predicted molar refractivity (Wildman–Crippen MR) is 118 cm³/mol. The molecule has 10 heteroatoms. The summed E-state index contributed by atoms with van der Waals surface area (Å²) in [7, 11) is 0. The third-order valence-electron chi connectivity index (χ3n) is 4.44. The minimum Gasteiger partial charge on any atom is -0.478 e. The Morgan fingerprint density at radius 1 is 1.00 bits per heavy atom. The minimum absolute atomic E-state index is 0.132. The van der Waals surface area contributed by atoms with Crippen LogP contribution in [-0.4, -0.2) is 31.6 Å². The second-order valence-electron chi connectivity index (χ2n) is 6.57. The highest BCUT2D eigenvalue weighted by Crippen LogP contribution is 2.23. The number of carbonyl (C=O) groups is 2. The number of hydrogen-bond donors (Lipinski definition) is 3. The maximum atomic E-state index is 12.7. The van der Waals surface area contributed by atoms with Crippen molar-refractivity contribution in [1.82, 2.24) is 14.6 Å². The Morgan fingerprint density at radius 3 is 2.48 bits per heavy atom. The van der Waals surface area contributed by atoms with Crippen molar-refractivity contribution in [1.29, 1.82) is 0 Å². The number of aromatic nitrogens is 3. The number of amides is 1. The molecule has 4 aromatic rings. The van der Waals surface area contributed by atoms with Crippen LogP contribution in [0.5, 0.6) is 0 Å². The first-order valence-corrected chi connectivity index (χ1v) is 9.83. The first-order chi connectivity index (χ1) is 14.9. The molecule has 0 saturated carbocycles. The first kappa shape index (κ1) is 20.6. The lowest BCUT2D eigenvalue weighted by Gasteiger charge is -2.08. The summed E-state index contributed by atoms with van der Waals surface area (Å²) < 4.78 is 1.43. The predicted octanol–water partition coefficient (Wildman–Crippen LogP) is 4.60. The van der Waals surface area contributed by atoms with Crippen molar-refractivity contribution in [3.8, 4) is 0 Å². The SMILES string of the molecule is O=C(O)c1ccc(NC(=O)c2cnc3ccc(NCc4ccc(Cl)c(Cl)c4)nn23)cc1. The number of anilines is 2. The molecule has 0 atom stereocenters. The summed E-state index contributed by atoms with van der Waals surface area (Å²) >= 11 is 12.0. The summed E-state index contributed by atoms with van der Waals surface area (Å²) in [6.07, 6.45) is 1.42. The van der Waals surface area contributed by atoms with E-state index in [0.717, 1.165) is 5.56 Å². The van der Waals surface area contributed by atoms with E-state index in [1.54, 1.807) is 24.3 Å². The van der Waals surface area contributed by atoms with E-state index in [1.165, 1.54) is 35.0 Å². The maximum Gasteiger partial charge on any atom is 0.335 e. The molecule has 0 saturated heterocycles. The molecular weight excluding hydrogens is 441 g/mol. The molecule has 2 aromatic heterocycles. The Morgan fingerprint density at radius 2 is 1.77 bits per heavy atom. The first-order valence-electron chi connectivity index (χ1n) is 9.08. The molecule has 31 heavy (non-hydrogen) atoms. The number of nitrogens with zero attached hydrogens (tertiary/aromatic N) is 3. The molecule has 3 N–H and O–H groups in total. The third-order valence-corrected chi connectivity index (χ3v) is 5.18. The van der Waals surface area contributed by atoms with Crippen LogP contribution in [0.25, 0.3) is 5.65 Å². The highest BCUT2D eigenvalue weighted by molar-refractivity contribution is 6.42. The molecule has 8 nitrogen and oxygen atoms in total. The lowest BCUT2D eigenvalue weighted by molar-refractivity contribution is 0.0696. The van der Waals surface area contributed by atoms with Crippen LogP contribution in [0.1, 0.15) is 26.4 Å². The number of imidazole rings is 1. The van der Waals surface area contributed by atoms with Crippen LogP contribution in [0, 0.1) is 0 Å². The molecular formula is C21H15Cl2N5O3. The molecule has 0 radical (unpaired) electrons. The van der Waals surface area contributed by atoms with E-state index in [1.807, 2.05) is 6.07 Å². The van der Waals surface area contributed by atoms with Gasteiger partial charge in [-0.1, -0.05) is 29.3 Å². The summed E-state index contributed by atoms with van der Waals surface area (Å²) in [6.45, 7) is 0.460. The van der Waals surface area contributed by atoms with Gasteiger partial charge in [-0.3, -0.25) is 4.79 Å². The number of nitrogens with one attached hydrogen (secondary N) is 2. The molecule has 0 bridgehead atoms. The summed E-state index contributed by atoms with van der Waals surface area (Å²) in [6, 6.07) is 14.7. The van der Waals surface area contributed by atoms with Crippen molar-refractivity contribution in [2.75, 3.05) is 10.6 Å². The van der Waals surface area contributed by atoms with Crippen molar-refractivity contribution in [3.05, 3.63) is 87.7 Å². The van der Waals surface area contributed by atoms with Crippen molar-refractivity contribution >= 4 is 52.2 Å². The van der Waals surface area contributed by atoms with Crippen molar-refractivity contribution < 1.29 is 14.7 Å². The van der Waals surface area contributed by atoms with Gasteiger partial charge < -0.3 is 15.7 Å². The zero-order valence-electron chi connectivity index (χ0n) is 15.8. The average Bonchev–Trinajstić information content (AvgIpc) is 3.18. The smallest absolute Gasteiger partial charge is 0.335 e. The number of rotatable bonds is 6. The monoisotopic (exact) mass is 455 g/mol. The zero-order chi connectivity index (χ0) is 22.0. The van der Waals surface area contributed by atoms with Crippen LogP contribution in [0.4, 0.5) is 11.5 Å². The Hall–Kier alpha value is -3.62. The van der Waals surface area contributed by atoms with E-state index < -0.39 is 11.9 Å². The molecule has 4 rings (SSSR count). The molecule has 0 unspecified atom stereocenters. The highest BCUT2D eigenvalue weighted by Gasteiger charge is 2.14. The second kappa shape index (κ2) is 8.63. The number of benzene rings is 2. The van der Waals surface area contributed by atoms with Gasteiger partial charge in [0.2, 0.25) is 0 Å². The minimum atomic E-state index is -1.04. The number of aromatic carboxylic acids is 1. The van der Waals surface area contributed by atoms with E-state index >= 15 is 0 Å². The van der Waals surface area contributed by atoms with Crippen LogP contribution < -0.4 is 10.6 Å². The Kier molecular flexibility index (Phi) is 5.75. The topological polar surface area (TPSA) is 109 Å². The molecule has 2 aromatic carbocycles. The van der Waals surface area contributed by atoms with Crippen LogP contribution in [0.15, 0.2) is 60.8 Å². The lowest BCUT2D eigenvalue weighted by Crippen LogP contribution is -2.16. The van der Waals surface area contributed by atoms with E-state index in [4.69, 9.17) is 28.3 Å². The van der Waals surface area contributed by atoms with Crippen molar-refractivity contribution in [3.63, 3.8) is 0 Å². The fourth-order valence-corrected chi connectivity index (χ4v) is 3.18. The van der Waals surface area contributed by atoms with Gasteiger partial charge in [0.1, 0.15) is 5.82 Å². The molecule has 0 aliphatic rings. The second-order valence-corrected chi connectivity index (χ2v) is 7.39. The summed E-state index contributed by atoms with van der Waals surface area (Å²) in [5.74, 6) is -0.925. The van der Waals surface area contributed by atoms with E-state index in [2.05, 4.69) is 20.7 Å². The number of carboxylic acids is 1. The number of fused-ring (bicyclic) bond motifs is 1. The largest absolute Gasteiger partial charge is 0.478 e. The number of hydrogen-bond acceptors (Lipinski definition) is 5. The van der Waals surface area contributed by atoms with E-state index in [0.29, 0.717) is 33.7 Å². The molecule has 0 spiro atoms. The summed E-state index contributed by atoms with van der Waals surface area (Å²) in [5, 5.41) is 20.2. The molecule has 0 fully saturated rings. The van der Waals surface area contributed by atoms with E-state index in [-0.39, 0.29) is 11.3 Å². The van der Waals surface area contributed by atoms with Gasteiger partial charge in [0.15, 0.2) is 11.3 Å². The van der Waals surface area contributed by atoms with Gasteiger partial charge >= 0.3 is 5.97 Å². The Labute approximate surface area is 186 Å². The maximum absolute atomic E-state index is 12.7. The Balaban J connectivity index is 1.51. The standard InChI is InChI=1S/C21H15Cl2N5O3/c22-15-6-1-12(9-16(15)23)10-24-18-7-8-19-25-11-17(28(19)27-18)20(29)26-14-4-2-13(3-5-14)21(30)31/h1-9,11H,10H2,(H,24,27)(H,26,29)(H,30,31). The molecule has 1 amide bonds. The van der Waals surface area contributed by atoms with Gasteiger partial charge in [-0.25, -0.2) is 14.3 Å². The average molecular weight is 456 g/mol. The lowest BCUT2D eigenvalue weighted by atomic mass is 10.2. The summed E-state index contributed by atoms with van der Waals surface area (Å²) in [4.78, 5) is 27.8. The fourth-order valence-electron chi connectivity index (χ4n) is 2.86. The van der Waals surface area contributed by atoms with Gasteiger partial charge in [-0.2, -0.15) is 0 Å². The van der Waals surface area contributed by atoms with Gasteiger partial charge in [-0.05, 0) is 54.1 Å². The molecule has 2 heterocycles. The number of carbonyl (C=O) groups excluding carboxylic acids is 1. The van der Waals surface area contributed by atoms with E-state index in [9.17, 15) is 9.59 Å². The molecule has 0 aliphatic carbocycles. The number of carboxylic acid groups (broad SMARTS) is 1. The van der Waals surface area contributed by atoms with Gasteiger partial charge in [-0.15, -0.1) is 5.10 Å². The van der Waals surface area contributed by atoms with Crippen LogP contribution in [-0.2, 0) is 6.54 Å². The van der Waals surface area contributed by atoms with Gasteiger partial charge in [0, 0.05) is 12.2 Å². The fraction of sp³-hybridized carbons (Fsp3) is 0.0476. The Bertz CT molecular complexity index is 1290. The summed E-state index contributed by atoms with van der Waals surface area (Å²) in [5.41, 5.74) is 2.25. The normalized spacial score (nSPS) is 10.8. The molecule has 0 aliphatic heterocycles. The van der Waals surface area contributed by atoms with Crippen LogP contribution >= 0.6 is 23.2 Å². The van der Waals surface area contributed by atoms with Crippen LogP contribution in [0.3, 0.4) is 0 Å². The number of halogens is 2. The van der Waals surface area contributed by atoms with Crippen molar-refractivity contribution in [2.24, 2.45) is 0 Å². The van der Waals surface area contributed by atoms with Gasteiger partial charge in [0.25, 0.3) is 5.91 Å². The van der Waals surface area contributed by atoms with Crippen LogP contribution in [0.2, 0.25) is 10.0 Å². The highest BCUT2D eigenvalue weighted by atomic mass is 35.5. The third kappa shape index (κ3) is 4.60. The zero-order valence-corrected chi connectivity index (χ0v) is 17.4. The quantitative estimate of drug-likeness (QED) is 0.392. The molecule has 156 valence electrons.